The number of carbonyl (C=O) groups excluding carboxylic acids is 2. The zero-order valence-electron chi connectivity index (χ0n) is 11.9. The summed E-state index contributed by atoms with van der Waals surface area (Å²) >= 11 is 0. The summed E-state index contributed by atoms with van der Waals surface area (Å²) < 4.78 is 4.95. The second-order valence-electron chi connectivity index (χ2n) is 4.85. The summed E-state index contributed by atoms with van der Waals surface area (Å²) in [4.78, 5) is 25.1. The van der Waals surface area contributed by atoms with Gasteiger partial charge in [0.2, 0.25) is 0 Å². The van der Waals surface area contributed by atoms with Crippen LogP contribution in [0.25, 0.3) is 0 Å². The number of ether oxygens (including phenoxy) is 1. The van der Waals surface area contributed by atoms with Crippen molar-refractivity contribution < 1.29 is 14.3 Å². The van der Waals surface area contributed by atoms with Crippen LogP contribution in [-0.4, -0.2) is 31.6 Å². The van der Waals surface area contributed by atoms with Gasteiger partial charge in [-0.15, -0.1) is 0 Å². The molecule has 1 fully saturated rings. The molecule has 2 rings (SSSR count). The van der Waals surface area contributed by atoms with Crippen molar-refractivity contribution in [3.8, 4) is 0 Å². The summed E-state index contributed by atoms with van der Waals surface area (Å²) in [5.74, 6) is -0.618. The molecule has 2 amide bonds. The summed E-state index contributed by atoms with van der Waals surface area (Å²) in [6.45, 7) is 4.93. The molecule has 1 aromatic carbocycles. The van der Waals surface area contributed by atoms with Crippen molar-refractivity contribution in [2.24, 2.45) is 0 Å². The van der Waals surface area contributed by atoms with Gasteiger partial charge in [0.05, 0.1) is 5.69 Å². The van der Waals surface area contributed by atoms with Crippen LogP contribution in [0, 0.1) is 0 Å². The molecule has 1 atom stereocenters. The minimum absolute atomic E-state index is 0.0448. The van der Waals surface area contributed by atoms with Crippen LogP contribution < -0.4 is 10.2 Å². The van der Waals surface area contributed by atoms with Crippen molar-refractivity contribution in [3.63, 3.8) is 0 Å². The molecule has 5 heteroatoms. The van der Waals surface area contributed by atoms with Gasteiger partial charge in [-0.05, 0) is 31.5 Å². The highest BCUT2D eigenvalue weighted by molar-refractivity contribution is 6.17. The molecule has 1 aromatic rings. The Balaban J connectivity index is 2.31. The number of rotatable bonds is 5. The lowest BCUT2D eigenvalue weighted by Crippen LogP contribution is -2.47. The molecule has 0 spiro atoms. The van der Waals surface area contributed by atoms with Crippen molar-refractivity contribution in [2.75, 3.05) is 24.7 Å². The van der Waals surface area contributed by atoms with E-state index in [2.05, 4.69) is 12.2 Å². The second kappa shape index (κ2) is 6.63. The van der Waals surface area contributed by atoms with Gasteiger partial charge in [-0.2, -0.15) is 0 Å². The van der Waals surface area contributed by atoms with E-state index < -0.39 is 0 Å². The SMILES string of the molecule is CCCNC(C)c1ccccc1N1C(=O)COCC1=O. The first-order valence-electron chi connectivity index (χ1n) is 6.91. The minimum Gasteiger partial charge on any atom is -0.362 e. The molecule has 108 valence electrons. The van der Waals surface area contributed by atoms with Crippen molar-refractivity contribution in [1.82, 2.24) is 5.32 Å². The molecule has 1 heterocycles. The molecular weight excluding hydrogens is 256 g/mol. The molecule has 0 radical (unpaired) electrons. The Morgan fingerprint density at radius 2 is 1.90 bits per heavy atom. The van der Waals surface area contributed by atoms with Gasteiger partial charge in [0.25, 0.3) is 11.8 Å². The van der Waals surface area contributed by atoms with E-state index in [1.807, 2.05) is 25.1 Å². The normalized spacial score (nSPS) is 17.4. The maximum Gasteiger partial charge on any atom is 0.259 e. The number of benzene rings is 1. The van der Waals surface area contributed by atoms with Gasteiger partial charge < -0.3 is 10.1 Å². The fourth-order valence-electron chi connectivity index (χ4n) is 2.29. The van der Waals surface area contributed by atoms with E-state index in [9.17, 15) is 9.59 Å². The first-order chi connectivity index (χ1) is 9.65. The Hall–Kier alpha value is -1.72. The number of hydrogen-bond acceptors (Lipinski definition) is 4. The zero-order chi connectivity index (χ0) is 14.5. The summed E-state index contributed by atoms with van der Waals surface area (Å²) in [6.07, 6.45) is 1.03. The topological polar surface area (TPSA) is 58.6 Å². The summed E-state index contributed by atoms with van der Waals surface area (Å²) in [5, 5.41) is 3.38. The lowest BCUT2D eigenvalue weighted by molar-refractivity contribution is -0.138. The standard InChI is InChI=1S/C15H20N2O3/c1-3-8-16-11(2)12-6-4-5-7-13(12)17-14(18)9-20-10-15(17)19/h4-7,11,16H,3,8-10H2,1-2H3. The van der Waals surface area contributed by atoms with Crippen LogP contribution in [0.4, 0.5) is 5.69 Å². The highest BCUT2D eigenvalue weighted by Gasteiger charge is 2.30. The number of imide groups is 1. The van der Waals surface area contributed by atoms with E-state index in [-0.39, 0.29) is 31.1 Å². The van der Waals surface area contributed by atoms with Crippen LogP contribution in [0.5, 0.6) is 0 Å². The Morgan fingerprint density at radius 1 is 1.25 bits per heavy atom. The van der Waals surface area contributed by atoms with E-state index in [1.54, 1.807) is 6.07 Å². The zero-order valence-corrected chi connectivity index (χ0v) is 11.9. The predicted molar refractivity (Wildman–Crippen MR) is 76.5 cm³/mol. The van der Waals surface area contributed by atoms with Crippen LogP contribution in [0.15, 0.2) is 24.3 Å². The Kier molecular flexibility index (Phi) is 4.87. The van der Waals surface area contributed by atoms with Crippen molar-refractivity contribution in [1.29, 1.82) is 0 Å². The fraction of sp³-hybridized carbons (Fsp3) is 0.467. The van der Waals surface area contributed by atoms with Gasteiger partial charge >= 0.3 is 0 Å². The Bertz CT molecular complexity index is 486. The number of morpholine rings is 1. The first-order valence-corrected chi connectivity index (χ1v) is 6.91. The van der Waals surface area contributed by atoms with Crippen LogP contribution in [0.3, 0.4) is 0 Å². The maximum atomic E-state index is 12.0. The van der Waals surface area contributed by atoms with E-state index in [0.717, 1.165) is 18.5 Å². The molecule has 0 aromatic heterocycles. The number of amides is 2. The fourth-order valence-corrected chi connectivity index (χ4v) is 2.29. The second-order valence-corrected chi connectivity index (χ2v) is 4.85. The predicted octanol–water partition coefficient (Wildman–Crippen LogP) is 1.64. The molecular formula is C15H20N2O3. The average Bonchev–Trinajstić information content (AvgIpc) is 2.45. The molecule has 1 aliphatic heterocycles. The Morgan fingerprint density at radius 3 is 2.55 bits per heavy atom. The van der Waals surface area contributed by atoms with E-state index in [0.29, 0.717) is 5.69 Å². The largest absolute Gasteiger partial charge is 0.362 e. The van der Waals surface area contributed by atoms with Crippen LogP contribution in [-0.2, 0) is 14.3 Å². The monoisotopic (exact) mass is 276 g/mol. The molecule has 1 unspecified atom stereocenters. The quantitative estimate of drug-likeness (QED) is 0.831. The van der Waals surface area contributed by atoms with Gasteiger partial charge in [-0.1, -0.05) is 25.1 Å². The van der Waals surface area contributed by atoms with Gasteiger partial charge in [-0.25, -0.2) is 4.90 Å². The van der Waals surface area contributed by atoms with E-state index in [4.69, 9.17) is 4.74 Å². The molecule has 0 saturated carbocycles. The lowest BCUT2D eigenvalue weighted by atomic mass is 10.0. The lowest BCUT2D eigenvalue weighted by Gasteiger charge is -2.28. The number of nitrogens with one attached hydrogen (secondary N) is 1. The van der Waals surface area contributed by atoms with Crippen LogP contribution >= 0.6 is 0 Å². The third kappa shape index (κ3) is 3.05. The summed E-state index contributed by atoms with van der Waals surface area (Å²) in [6, 6.07) is 7.58. The average molecular weight is 276 g/mol. The maximum absolute atomic E-state index is 12.0. The molecule has 5 nitrogen and oxygen atoms in total. The summed E-state index contributed by atoms with van der Waals surface area (Å²) in [5.41, 5.74) is 1.60. The third-order valence-corrected chi connectivity index (χ3v) is 3.29. The van der Waals surface area contributed by atoms with Gasteiger partial charge in [0.15, 0.2) is 0 Å². The molecule has 20 heavy (non-hydrogen) atoms. The highest BCUT2D eigenvalue weighted by atomic mass is 16.5. The van der Waals surface area contributed by atoms with Gasteiger partial charge in [0.1, 0.15) is 13.2 Å². The number of para-hydroxylation sites is 1. The van der Waals surface area contributed by atoms with Crippen LogP contribution in [0.2, 0.25) is 0 Å². The van der Waals surface area contributed by atoms with Crippen molar-refractivity contribution >= 4 is 17.5 Å². The van der Waals surface area contributed by atoms with Crippen molar-refractivity contribution in [2.45, 2.75) is 26.3 Å². The number of hydrogen-bond donors (Lipinski definition) is 1. The molecule has 1 aliphatic rings. The molecule has 0 aliphatic carbocycles. The third-order valence-electron chi connectivity index (χ3n) is 3.29. The number of anilines is 1. The Labute approximate surface area is 118 Å². The number of carbonyl (C=O) groups is 2. The first kappa shape index (κ1) is 14.7. The van der Waals surface area contributed by atoms with E-state index in [1.165, 1.54) is 4.90 Å². The highest BCUT2D eigenvalue weighted by Crippen LogP contribution is 2.27. The van der Waals surface area contributed by atoms with Gasteiger partial charge in [-0.3, -0.25) is 9.59 Å². The molecule has 1 saturated heterocycles. The summed E-state index contributed by atoms with van der Waals surface area (Å²) in [7, 11) is 0. The molecule has 1 N–H and O–H groups in total. The number of nitrogens with zero attached hydrogens (tertiary/aromatic N) is 1. The smallest absolute Gasteiger partial charge is 0.259 e. The van der Waals surface area contributed by atoms with Gasteiger partial charge in [0, 0.05) is 6.04 Å². The van der Waals surface area contributed by atoms with E-state index >= 15 is 0 Å². The molecule has 0 bridgehead atoms. The van der Waals surface area contributed by atoms with Crippen LogP contribution in [0.1, 0.15) is 31.9 Å². The minimum atomic E-state index is -0.309. The van der Waals surface area contributed by atoms with Crippen molar-refractivity contribution in [3.05, 3.63) is 29.8 Å².